The maximum Gasteiger partial charge on any atom is 0.397 e. The molecule has 0 amide bonds. The van der Waals surface area contributed by atoms with Gasteiger partial charge in [-0.2, -0.15) is 0 Å². The first-order valence-electron chi connectivity index (χ1n) is 10.3. The lowest BCUT2D eigenvalue weighted by molar-refractivity contribution is -0.713. The summed E-state index contributed by atoms with van der Waals surface area (Å²) in [5.74, 6) is 0.772. The molecule has 5 rings (SSSR count). The van der Waals surface area contributed by atoms with Crippen LogP contribution in [0.15, 0.2) is 109 Å². The molecule has 2 heterocycles. The highest BCUT2D eigenvalue weighted by Gasteiger charge is 2.58. The smallest absolute Gasteiger partial charge is 0.352 e. The fourth-order valence-electron chi connectivity index (χ4n) is 4.42. The van der Waals surface area contributed by atoms with E-state index in [0.29, 0.717) is 13.0 Å². The van der Waals surface area contributed by atoms with E-state index in [1.807, 2.05) is 83.9 Å². The molecule has 1 aliphatic rings. The van der Waals surface area contributed by atoms with Crippen molar-refractivity contribution >= 4 is 5.95 Å². The molecule has 1 N–H and O–H groups in total. The maximum atomic E-state index is 12.4. The summed E-state index contributed by atoms with van der Waals surface area (Å²) in [6.45, 7) is 0.564. The van der Waals surface area contributed by atoms with E-state index in [9.17, 15) is 5.11 Å². The molecule has 0 saturated heterocycles. The van der Waals surface area contributed by atoms with Gasteiger partial charge in [-0.15, -0.1) is 0 Å². The number of aromatic nitrogens is 2. The molecule has 1 aromatic heterocycles. The minimum Gasteiger partial charge on any atom is -0.352 e. The SMILES string of the molecule is OC1(c2ccccc2)C(Cc2ccccc2)[n+]2cccnc2N1Cc1ccccc1. The van der Waals surface area contributed by atoms with E-state index in [2.05, 4.69) is 33.8 Å². The summed E-state index contributed by atoms with van der Waals surface area (Å²) in [5, 5.41) is 12.4. The molecule has 0 saturated carbocycles. The van der Waals surface area contributed by atoms with E-state index in [1.54, 1.807) is 6.20 Å². The quantitative estimate of drug-likeness (QED) is 0.520. The van der Waals surface area contributed by atoms with Crippen LogP contribution in [0, 0.1) is 0 Å². The topological polar surface area (TPSA) is 40.2 Å². The van der Waals surface area contributed by atoms with Crippen LogP contribution in [0.3, 0.4) is 0 Å². The highest BCUT2D eigenvalue weighted by atomic mass is 16.3. The van der Waals surface area contributed by atoms with Crippen molar-refractivity contribution < 1.29 is 9.67 Å². The average Bonchev–Trinajstić information content (AvgIpc) is 3.05. The number of hydrogen-bond donors (Lipinski definition) is 1. The standard InChI is InChI=1S/C26H24N3O/c30-26(23-15-8-3-9-16-23)24(19-21-11-4-1-5-12-21)28-18-10-17-27-25(28)29(26)20-22-13-6-2-7-14-22/h1-18,24,30H,19-20H2/q+1. The first kappa shape index (κ1) is 18.5. The van der Waals surface area contributed by atoms with Crippen LogP contribution in [0.5, 0.6) is 0 Å². The van der Waals surface area contributed by atoms with Crippen molar-refractivity contribution in [3.8, 4) is 0 Å². The van der Waals surface area contributed by atoms with E-state index < -0.39 is 5.72 Å². The summed E-state index contributed by atoms with van der Waals surface area (Å²) < 4.78 is 2.11. The van der Waals surface area contributed by atoms with Gasteiger partial charge in [-0.3, -0.25) is 0 Å². The van der Waals surface area contributed by atoms with Gasteiger partial charge in [-0.1, -0.05) is 96.0 Å². The third-order valence-corrected chi connectivity index (χ3v) is 5.86. The number of benzene rings is 3. The van der Waals surface area contributed by atoms with Gasteiger partial charge in [-0.25, -0.2) is 9.47 Å². The highest BCUT2D eigenvalue weighted by Crippen LogP contribution is 2.43. The zero-order chi connectivity index (χ0) is 20.4. The van der Waals surface area contributed by atoms with Crippen molar-refractivity contribution in [1.82, 2.24) is 4.98 Å². The van der Waals surface area contributed by atoms with E-state index >= 15 is 0 Å². The molecule has 30 heavy (non-hydrogen) atoms. The number of nitrogens with zero attached hydrogens (tertiary/aromatic N) is 3. The highest BCUT2D eigenvalue weighted by molar-refractivity contribution is 5.42. The first-order valence-corrected chi connectivity index (χ1v) is 10.3. The minimum atomic E-state index is -1.23. The third-order valence-electron chi connectivity index (χ3n) is 5.86. The second-order valence-corrected chi connectivity index (χ2v) is 7.70. The lowest BCUT2D eigenvalue weighted by Crippen LogP contribution is -2.50. The predicted molar refractivity (Wildman–Crippen MR) is 117 cm³/mol. The van der Waals surface area contributed by atoms with Crippen LogP contribution in [0.2, 0.25) is 0 Å². The van der Waals surface area contributed by atoms with Gasteiger partial charge in [0.05, 0.1) is 12.7 Å². The van der Waals surface area contributed by atoms with Crippen LogP contribution < -0.4 is 9.47 Å². The molecule has 4 heteroatoms. The number of rotatable bonds is 5. The number of aliphatic hydroxyl groups is 1. The van der Waals surface area contributed by atoms with Crippen LogP contribution in [0.1, 0.15) is 22.7 Å². The molecule has 0 radical (unpaired) electrons. The Morgan fingerprint density at radius 1 is 0.800 bits per heavy atom. The van der Waals surface area contributed by atoms with Crippen LogP contribution in [-0.2, 0) is 18.7 Å². The molecular weight excluding hydrogens is 370 g/mol. The Morgan fingerprint density at radius 2 is 1.40 bits per heavy atom. The van der Waals surface area contributed by atoms with Gasteiger partial charge in [0.1, 0.15) is 6.20 Å². The molecule has 0 spiro atoms. The maximum absolute atomic E-state index is 12.4. The Bertz CT molecular complexity index is 1050. The molecular formula is C26H24N3O+. The van der Waals surface area contributed by atoms with Gasteiger partial charge in [0.15, 0.2) is 6.04 Å². The van der Waals surface area contributed by atoms with Crippen molar-refractivity contribution in [1.29, 1.82) is 0 Å². The Balaban J connectivity index is 1.66. The summed E-state index contributed by atoms with van der Waals surface area (Å²) in [6.07, 6.45) is 4.51. The molecule has 0 aliphatic carbocycles. The van der Waals surface area contributed by atoms with Gasteiger partial charge >= 0.3 is 5.95 Å². The Labute approximate surface area is 176 Å². The molecule has 1 aliphatic heterocycles. The second kappa shape index (κ2) is 7.73. The molecule has 2 unspecified atom stereocenters. The number of hydrogen-bond acceptors (Lipinski definition) is 3. The van der Waals surface area contributed by atoms with Crippen molar-refractivity contribution in [2.24, 2.45) is 0 Å². The van der Waals surface area contributed by atoms with E-state index in [1.165, 1.54) is 5.56 Å². The van der Waals surface area contributed by atoms with Crippen molar-refractivity contribution in [3.05, 3.63) is 126 Å². The Morgan fingerprint density at radius 3 is 2.07 bits per heavy atom. The van der Waals surface area contributed by atoms with Crippen molar-refractivity contribution in [2.75, 3.05) is 4.90 Å². The van der Waals surface area contributed by atoms with Crippen molar-refractivity contribution in [2.45, 2.75) is 24.7 Å². The van der Waals surface area contributed by atoms with Gasteiger partial charge < -0.3 is 5.11 Å². The van der Waals surface area contributed by atoms with Crippen LogP contribution in [0.25, 0.3) is 0 Å². The normalized spacial score (nSPS) is 20.2. The molecule has 2 atom stereocenters. The molecule has 3 aromatic carbocycles. The first-order chi connectivity index (χ1) is 14.8. The van der Waals surface area contributed by atoms with E-state index in [0.717, 1.165) is 17.1 Å². The lowest BCUT2D eigenvalue weighted by atomic mass is 9.89. The fraction of sp³-hybridized carbons (Fsp3) is 0.154. The molecule has 4 aromatic rings. The van der Waals surface area contributed by atoms with Crippen LogP contribution in [-0.4, -0.2) is 10.1 Å². The van der Waals surface area contributed by atoms with Gasteiger partial charge in [0.25, 0.3) is 0 Å². The minimum absolute atomic E-state index is 0.213. The zero-order valence-corrected chi connectivity index (χ0v) is 16.7. The van der Waals surface area contributed by atoms with Gasteiger partial charge in [-0.05, 0) is 11.1 Å². The summed E-state index contributed by atoms with van der Waals surface area (Å²) in [7, 11) is 0. The zero-order valence-electron chi connectivity index (χ0n) is 16.7. The largest absolute Gasteiger partial charge is 0.397 e. The summed E-state index contributed by atoms with van der Waals surface area (Å²) in [6, 6.07) is 32.2. The van der Waals surface area contributed by atoms with E-state index in [4.69, 9.17) is 0 Å². The average molecular weight is 394 g/mol. The summed E-state index contributed by atoms with van der Waals surface area (Å²) in [4.78, 5) is 6.71. The van der Waals surface area contributed by atoms with Crippen LogP contribution in [0.4, 0.5) is 5.95 Å². The summed E-state index contributed by atoms with van der Waals surface area (Å²) in [5.41, 5.74) is 1.95. The Kier molecular flexibility index (Phi) is 4.77. The molecule has 0 bridgehead atoms. The molecule has 148 valence electrons. The predicted octanol–water partition coefficient (Wildman–Crippen LogP) is 4.02. The van der Waals surface area contributed by atoms with E-state index in [-0.39, 0.29) is 6.04 Å². The van der Waals surface area contributed by atoms with Gasteiger partial charge in [0, 0.05) is 18.1 Å². The molecule has 4 nitrogen and oxygen atoms in total. The lowest BCUT2D eigenvalue weighted by Gasteiger charge is -2.33. The van der Waals surface area contributed by atoms with Crippen LogP contribution >= 0.6 is 0 Å². The Hall–Kier alpha value is -3.50. The van der Waals surface area contributed by atoms with Crippen molar-refractivity contribution in [3.63, 3.8) is 0 Å². The fourth-order valence-corrected chi connectivity index (χ4v) is 4.42. The number of fused-ring (bicyclic) bond motifs is 1. The molecule has 0 fully saturated rings. The number of anilines is 1. The van der Waals surface area contributed by atoms with Gasteiger partial charge in [0.2, 0.25) is 5.72 Å². The monoisotopic (exact) mass is 394 g/mol. The summed E-state index contributed by atoms with van der Waals surface area (Å²) >= 11 is 0. The second-order valence-electron chi connectivity index (χ2n) is 7.70. The third kappa shape index (κ3) is 3.15.